The molecule has 14 nitrogen and oxygen atoms in total. The van der Waals surface area contributed by atoms with Crippen molar-refractivity contribution in [1.82, 2.24) is 30.2 Å². The molecule has 4 aliphatic heterocycles. The fourth-order valence-corrected chi connectivity index (χ4v) is 12.5. The van der Waals surface area contributed by atoms with Gasteiger partial charge in [0.1, 0.15) is 22.9 Å². The van der Waals surface area contributed by atoms with Crippen molar-refractivity contribution in [2.75, 3.05) is 44.2 Å². The number of rotatable bonds is 12. The number of fused-ring (bicyclic) bond motifs is 2. The lowest BCUT2D eigenvalue weighted by Gasteiger charge is -2.43. The van der Waals surface area contributed by atoms with Crippen LogP contribution in [0.3, 0.4) is 0 Å². The second kappa shape index (κ2) is 20.4. The monoisotopic (exact) mass is 1050 g/mol. The van der Waals surface area contributed by atoms with Crippen LogP contribution in [0.25, 0.3) is 22.0 Å². The minimum atomic E-state index is -3.40. The first-order valence-electron chi connectivity index (χ1n) is 25.0. The van der Waals surface area contributed by atoms with E-state index >= 15 is 17.6 Å². The van der Waals surface area contributed by atoms with Crippen LogP contribution in [0, 0.1) is 29.2 Å². The molecule has 392 valence electrons. The Hall–Kier alpha value is -6.38. The Morgan fingerprint density at radius 3 is 2.26 bits per heavy atom. The van der Waals surface area contributed by atoms with E-state index in [1.54, 1.807) is 14.0 Å². The summed E-state index contributed by atoms with van der Waals surface area (Å²) in [6.07, 6.45) is 5.33. The lowest BCUT2D eigenvalue weighted by Crippen LogP contribution is -2.51. The van der Waals surface area contributed by atoms with Crippen LogP contribution in [0.15, 0.2) is 54.6 Å². The number of aromatic nitrogens is 2. The summed E-state index contributed by atoms with van der Waals surface area (Å²) in [7, 11) is 1.54. The Labute approximate surface area is 427 Å². The van der Waals surface area contributed by atoms with Crippen molar-refractivity contribution in [1.29, 1.82) is 0 Å². The molecule has 74 heavy (non-hydrogen) atoms. The minimum absolute atomic E-state index is 0.0132. The van der Waals surface area contributed by atoms with Crippen LogP contribution >= 0.6 is 11.6 Å². The first kappa shape index (κ1) is 51.1. The van der Waals surface area contributed by atoms with Gasteiger partial charge in [-0.2, -0.15) is 13.9 Å². The number of primary amides is 1. The maximum atomic E-state index is 16.3. The number of aryl methyl sites for hydroxylation is 1. The Morgan fingerprint density at radius 1 is 0.892 bits per heavy atom. The molecule has 10 rings (SSSR count). The predicted molar refractivity (Wildman–Crippen MR) is 262 cm³/mol. The topological polar surface area (TPSA) is 164 Å². The summed E-state index contributed by atoms with van der Waals surface area (Å²) in [5.41, 5.74) is 4.19. The van der Waals surface area contributed by atoms with Gasteiger partial charge in [0.05, 0.1) is 16.0 Å². The molecule has 2 atom stereocenters. The van der Waals surface area contributed by atoms with Crippen LogP contribution < -0.4 is 30.7 Å². The molecule has 4 aromatic carbocycles. The smallest absolute Gasteiger partial charge is 0.387 e. The van der Waals surface area contributed by atoms with Gasteiger partial charge in [-0.15, -0.1) is 0 Å². The molecule has 3 saturated heterocycles. The van der Waals surface area contributed by atoms with E-state index in [0.717, 1.165) is 31.0 Å². The van der Waals surface area contributed by atoms with Crippen LogP contribution in [0.5, 0.6) is 11.5 Å². The van der Waals surface area contributed by atoms with Crippen molar-refractivity contribution in [3.05, 3.63) is 105 Å². The maximum absolute atomic E-state index is 16.3. The highest BCUT2D eigenvalue weighted by molar-refractivity contribution is 6.34. The van der Waals surface area contributed by atoms with Gasteiger partial charge in [0, 0.05) is 91.9 Å². The maximum Gasteiger partial charge on any atom is 0.387 e. The normalized spacial score (nSPS) is 23.1. The summed E-state index contributed by atoms with van der Waals surface area (Å²) in [5, 5.41) is 9.82. The highest BCUT2D eigenvalue weighted by atomic mass is 35.5. The van der Waals surface area contributed by atoms with Gasteiger partial charge < -0.3 is 30.3 Å². The Balaban J connectivity index is 0.759. The van der Waals surface area contributed by atoms with E-state index < -0.39 is 81.1 Å². The van der Waals surface area contributed by atoms with Crippen LogP contribution in [-0.4, -0.2) is 101 Å². The van der Waals surface area contributed by atoms with Gasteiger partial charge in [0.15, 0.2) is 28.8 Å². The van der Waals surface area contributed by atoms with Gasteiger partial charge >= 0.3 is 12.6 Å². The van der Waals surface area contributed by atoms with Gasteiger partial charge in [-0.1, -0.05) is 48.9 Å². The van der Waals surface area contributed by atoms with Crippen LogP contribution in [0.4, 0.5) is 37.0 Å². The number of likely N-dealkylation sites (tertiary alicyclic amines) is 2. The summed E-state index contributed by atoms with van der Waals surface area (Å²) in [6, 6.07) is 12.9. The molecule has 4 N–H and O–H groups in total. The number of halogens is 7. The Kier molecular flexibility index (Phi) is 14.1. The number of anilines is 1. The van der Waals surface area contributed by atoms with Crippen LogP contribution in [-0.2, 0) is 22.2 Å². The van der Waals surface area contributed by atoms with E-state index in [1.807, 2.05) is 35.2 Å². The second-order valence-corrected chi connectivity index (χ2v) is 20.4. The molecule has 0 spiro atoms. The third kappa shape index (κ3) is 9.20. The van der Waals surface area contributed by atoms with E-state index in [1.165, 1.54) is 15.6 Å². The van der Waals surface area contributed by atoms with Crippen molar-refractivity contribution in [2.24, 2.45) is 18.7 Å². The van der Waals surface area contributed by atoms with Gasteiger partial charge in [0.25, 0.3) is 0 Å². The molecule has 5 aromatic rings. The zero-order valence-electron chi connectivity index (χ0n) is 40.7. The molecular formula is C53H55ClF6N8O6. The number of nitrogens with two attached hydrogens (primary N) is 1. The number of hydrogen-bond acceptors (Lipinski definition) is 9. The fraction of sp³-hybridized carbons (Fsp3) is 0.453. The van der Waals surface area contributed by atoms with E-state index in [-0.39, 0.29) is 88.5 Å². The van der Waals surface area contributed by atoms with Crippen molar-refractivity contribution in [2.45, 2.75) is 101 Å². The molecule has 1 aliphatic carbocycles. The fourth-order valence-electron chi connectivity index (χ4n) is 12.2. The lowest BCUT2D eigenvalue weighted by molar-refractivity contribution is -0.138. The van der Waals surface area contributed by atoms with E-state index in [4.69, 9.17) is 22.1 Å². The highest BCUT2D eigenvalue weighted by Gasteiger charge is 2.50. The average Bonchev–Trinajstić information content (AvgIpc) is 3.88. The number of benzene rings is 4. The molecule has 0 bridgehead atoms. The van der Waals surface area contributed by atoms with Gasteiger partial charge in [0.2, 0.25) is 17.7 Å². The van der Waals surface area contributed by atoms with E-state index in [0.29, 0.717) is 70.3 Å². The predicted octanol–water partition coefficient (Wildman–Crippen LogP) is 9.01. The standard InChI is InChI=1S/C53H55ClF6N8O6/c1-27-40-38(25-36(56)44(54)43(40)42-33(48(61)70)12-13-37(45(42)57)73-51(59)60)74-53(27,30-6-4-3-5-7-30)26-62-31-10-8-29(9-11-31)50(71)67-21-16-32(17-22-67)66-19-14-28(15-20-66)41-35(55)24-34-47(46(41)58)65(2)64-49(34)68-23-18-39(69)63-52(68)72/h3-7,12-13,24-25,27-29,31-32,51,62H,8-11,14-23,26H2,1-2H3,(H2,61,70)(H,63,69,72). The molecule has 5 aliphatic rings. The highest BCUT2D eigenvalue weighted by Crippen LogP contribution is 2.57. The molecule has 5 amide bonds. The number of alkyl halides is 2. The second-order valence-electron chi connectivity index (χ2n) is 20.1. The number of nitrogens with zero attached hydrogens (tertiary/aromatic N) is 5. The summed E-state index contributed by atoms with van der Waals surface area (Å²) in [6.45, 7) is 1.12. The molecular weight excluding hydrogens is 994 g/mol. The number of piperidine rings is 2. The summed E-state index contributed by atoms with van der Waals surface area (Å²) < 4.78 is 103. The third-order valence-electron chi connectivity index (χ3n) is 16.1. The number of carbonyl (C=O) groups is 4. The summed E-state index contributed by atoms with van der Waals surface area (Å²) >= 11 is 6.61. The molecule has 4 fully saturated rings. The molecule has 5 heterocycles. The first-order valence-corrected chi connectivity index (χ1v) is 25.4. The zero-order valence-corrected chi connectivity index (χ0v) is 41.4. The minimum Gasteiger partial charge on any atom is -0.480 e. The van der Waals surface area contributed by atoms with Crippen molar-refractivity contribution in [3.8, 4) is 22.6 Å². The number of ether oxygens (including phenoxy) is 2. The SMILES string of the molecule is CC1c2c(cc(F)c(Cl)c2-c2c(C(N)=O)ccc(OC(F)F)c2F)OC1(CNC1CCC(C(=O)N2CCC(N3CCC(c4c(F)cc5c(N6CCC(=O)NC6=O)nn(C)c5c4F)CC3)CC2)CC1)c1ccccc1. The van der Waals surface area contributed by atoms with Gasteiger partial charge in [-0.05, 0) is 94.1 Å². The molecule has 1 aromatic heterocycles. The summed E-state index contributed by atoms with van der Waals surface area (Å²) in [5.74, 6) is -7.16. The summed E-state index contributed by atoms with van der Waals surface area (Å²) in [4.78, 5) is 56.5. The van der Waals surface area contributed by atoms with Crippen molar-refractivity contribution < 1.29 is 55.0 Å². The van der Waals surface area contributed by atoms with Crippen molar-refractivity contribution in [3.63, 3.8) is 0 Å². The first-order chi connectivity index (χ1) is 35.4. The van der Waals surface area contributed by atoms with Crippen molar-refractivity contribution >= 4 is 52.1 Å². The Bertz CT molecular complexity index is 3030. The molecule has 0 radical (unpaired) electrons. The number of amides is 5. The molecule has 1 saturated carbocycles. The quantitative estimate of drug-likeness (QED) is 0.104. The van der Waals surface area contributed by atoms with Crippen LogP contribution in [0.1, 0.15) is 104 Å². The number of urea groups is 1. The number of carbonyl (C=O) groups excluding carboxylic acids is 4. The Morgan fingerprint density at radius 2 is 1.59 bits per heavy atom. The number of imide groups is 1. The lowest BCUT2D eigenvalue weighted by atomic mass is 9.77. The average molecular weight is 1050 g/mol. The number of hydrogen-bond donors (Lipinski definition) is 3. The van der Waals surface area contributed by atoms with Gasteiger partial charge in [-0.25, -0.2) is 22.4 Å². The van der Waals surface area contributed by atoms with E-state index in [9.17, 15) is 28.0 Å². The van der Waals surface area contributed by atoms with Crippen LogP contribution in [0.2, 0.25) is 5.02 Å². The molecule has 2 unspecified atom stereocenters. The zero-order chi connectivity index (χ0) is 52.3. The number of nitrogens with one attached hydrogen (secondary N) is 2. The largest absolute Gasteiger partial charge is 0.480 e. The molecule has 21 heteroatoms. The van der Waals surface area contributed by atoms with Gasteiger partial charge in [-0.3, -0.25) is 29.3 Å². The third-order valence-corrected chi connectivity index (χ3v) is 16.4. The van der Waals surface area contributed by atoms with E-state index in [2.05, 4.69) is 25.4 Å².